The molecule has 1 fully saturated rings. The molecule has 2 atom stereocenters. The van der Waals surface area contributed by atoms with Crippen molar-refractivity contribution in [2.24, 2.45) is 11.3 Å². The van der Waals surface area contributed by atoms with Gasteiger partial charge in [0, 0.05) is 18.5 Å². The van der Waals surface area contributed by atoms with Crippen molar-refractivity contribution >= 4 is 23.2 Å². The summed E-state index contributed by atoms with van der Waals surface area (Å²) in [5.74, 6) is -0.316. The lowest BCUT2D eigenvalue weighted by Gasteiger charge is -2.36. The monoisotopic (exact) mass is 333 g/mol. The van der Waals surface area contributed by atoms with Crippen molar-refractivity contribution in [1.82, 2.24) is 10.2 Å². The second kappa shape index (κ2) is 7.14. The first-order chi connectivity index (χ1) is 10.8. The van der Waals surface area contributed by atoms with Crippen LogP contribution in [-0.4, -0.2) is 29.8 Å². The van der Waals surface area contributed by atoms with E-state index in [0.717, 1.165) is 18.4 Å². The molecule has 0 unspecified atom stereocenters. The molecule has 1 N–H and O–H groups in total. The van der Waals surface area contributed by atoms with Gasteiger partial charge in [-0.3, -0.25) is 9.59 Å². The minimum absolute atomic E-state index is 0.0738. The molecule has 2 heterocycles. The number of nitrogens with one attached hydrogen (secondary N) is 1. The van der Waals surface area contributed by atoms with Gasteiger partial charge in [-0.05, 0) is 35.2 Å². The van der Waals surface area contributed by atoms with Crippen LogP contribution in [0.15, 0.2) is 16.8 Å². The molecule has 1 aliphatic heterocycles. The third-order valence-electron chi connectivity index (χ3n) is 4.01. The summed E-state index contributed by atoms with van der Waals surface area (Å²) < 4.78 is 0. The number of piperidine rings is 1. The van der Waals surface area contributed by atoms with Crippen LogP contribution in [0.25, 0.3) is 0 Å². The summed E-state index contributed by atoms with van der Waals surface area (Å²) in [7, 11) is 0. The van der Waals surface area contributed by atoms with Gasteiger partial charge in [-0.2, -0.15) is 16.6 Å². The number of nitrogens with zero attached hydrogens (tertiary/aromatic N) is 2. The van der Waals surface area contributed by atoms with Crippen molar-refractivity contribution in [2.75, 3.05) is 13.1 Å². The molecule has 5 nitrogen and oxygen atoms in total. The maximum Gasteiger partial charge on any atom is 0.227 e. The average molecular weight is 333 g/mol. The largest absolute Gasteiger partial charge is 0.341 e. The first-order valence-corrected chi connectivity index (χ1v) is 8.78. The standard InChI is InChI=1S/C17H23N3O2S/c1-17(2,3)16(22)20-7-4-5-12(10-20)15(21)19-14(9-18)13-6-8-23-11-13/h6,8,11-12,14H,4-5,7,10H2,1-3H3,(H,19,21)/t12-,14-/m0/s1. The number of hydrogen-bond acceptors (Lipinski definition) is 4. The third-order valence-corrected chi connectivity index (χ3v) is 4.71. The van der Waals surface area contributed by atoms with Crippen LogP contribution in [-0.2, 0) is 9.59 Å². The Morgan fingerprint density at radius 3 is 2.78 bits per heavy atom. The predicted octanol–water partition coefficient (Wildman–Crippen LogP) is 2.71. The van der Waals surface area contributed by atoms with Crippen LogP contribution in [0, 0.1) is 22.7 Å². The van der Waals surface area contributed by atoms with Gasteiger partial charge in [0.05, 0.1) is 12.0 Å². The van der Waals surface area contributed by atoms with E-state index < -0.39 is 11.5 Å². The van der Waals surface area contributed by atoms with E-state index in [9.17, 15) is 14.9 Å². The molecule has 2 rings (SSSR count). The molecule has 1 saturated heterocycles. The predicted molar refractivity (Wildman–Crippen MR) is 89.6 cm³/mol. The average Bonchev–Trinajstić information content (AvgIpc) is 3.05. The number of nitriles is 1. The Hall–Kier alpha value is -1.87. The highest BCUT2D eigenvalue weighted by Crippen LogP contribution is 2.24. The summed E-state index contributed by atoms with van der Waals surface area (Å²) >= 11 is 1.50. The van der Waals surface area contributed by atoms with E-state index in [1.165, 1.54) is 11.3 Å². The van der Waals surface area contributed by atoms with Gasteiger partial charge in [0.15, 0.2) is 0 Å². The fourth-order valence-electron chi connectivity index (χ4n) is 2.74. The summed E-state index contributed by atoms with van der Waals surface area (Å²) in [6.07, 6.45) is 1.57. The van der Waals surface area contributed by atoms with Gasteiger partial charge in [0.1, 0.15) is 6.04 Å². The van der Waals surface area contributed by atoms with Crippen molar-refractivity contribution in [3.8, 4) is 6.07 Å². The van der Waals surface area contributed by atoms with E-state index in [0.29, 0.717) is 13.1 Å². The Labute approximate surface area is 141 Å². The summed E-state index contributed by atoms with van der Waals surface area (Å²) in [5.41, 5.74) is 0.369. The van der Waals surface area contributed by atoms with Crippen molar-refractivity contribution < 1.29 is 9.59 Å². The first-order valence-electron chi connectivity index (χ1n) is 7.84. The van der Waals surface area contributed by atoms with Gasteiger partial charge in [0.25, 0.3) is 0 Å². The van der Waals surface area contributed by atoms with E-state index in [2.05, 4.69) is 11.4 Å². The van der Waals surface area contributed by atoms with Gasteiger partial charge in [-0.15, -0.1) is 0 Å². The number of carbonyl (C=O) groups is 2. The van der Waals surface area contributed by atoms with Crippen LogP contribution in [0.2, 0.25) is 0 Å². The molecule has 6 heteroatoms. The zero-order valence-corrected chi connectivity index (χ0v) is 14.7. The molecule has 124 valence electrons. The molecule has 0 aromatic carbocycles. The summed E-state index contributed by atoms with van der Waals surface area (Å²) in [6.45, 7) is 6.81. The second-order valence-corrected chi connectivity index (χ2v) is 7.75. The fourth-order valence-corrected chi connectivity index (χ4v) is 3.43. The maximum atomic E-state index is 12.5. The molecule has 23 heavy (non-hydrogen) atoms. The van der Waals surface area contributed by atoms with Crippen LogP contribution in [0.5, 0.6) is 0 Å². The third kappa shape index (κ3) is 4.32. The summed E-state index contributed by atoms with van der Waals surface area (Å²) in [6, 6.07) is 3.35. The Bertz CT molecular complexity index is 598. The SMILES string of the molecule is CC(C)(C)C(=O)N1CCC[C@H](C(=O)N[C@@H](C#N)c2ccsc2)C1. The van der Waals surface area contributed by atoms with Crippen LogP contribution in [0.1, 0.15) is 45.2 Å². The summed E-state index contributed by atoms with van der Waals surface area (Å²) in [4.78, 5) is 26.7. The molecule has 0 spiro atoms. The molecular formula is C17H23N3O2S. The van der Waals surface area contributed by atoms with E-state index in [1.54, 1.807) is 4.90 Å². The normalized spacial score (nSPS) is 19.7. The molecule has 0 radical (unpaired) electrons. The first kappa shape index (κ1) is 17.5. The van der Waals surface area contributed by atoms with Crippen molar-refractivity contribution in [3.05, 3.63) is 22.4 Å². The molecule has 2 amide bonds. The van der Waals surface area contributed by atoms with Crippen molar-refractivity contribution in [2.45, 2.75) is 39.7 Å². The smallest absolute Gasteiger partial charge is 0.227 e. The van der Waals surface area contributed by atoms with Gasteiger partial charge in [-0.1, -0.05) is 20.8 Å². The van der Waals surface area contributed by atoms with Crippen LogP contribution >= 0.6 is 11.3 Å². The quantitative estimate of drug-likeness (QED) is 0.924. The maximum absolute atomic E-state index is 12.5. The van der Waals surface area contributed by atoms with Crippen LogP contribution < -0.4 is 5.32 Å². The zero-order chi connectivity index (χ0) is 17.0. The van der Waals surface area contributed by atoms with Gasteiger partial charge >= 0.3 is 0 Å². The number of thiophene rings is 1. The Kier molecular flexibility index (Phi) is 5.42. The fraction of sp³-hybridized carbons (Fsp3) is 0.588. The lowest BCUT2D eigenvalue weighted by molar-refractivity contribution is -0.142. The van der Waals surface area contributed by atoms with Crippen LogP contribution in [0.4, 0.5) is 0 Å². The number of amides is 2. The van der Waals surface area contributed by atoms with Crippen molar-refractivity contribution in [1.29, 1.82) is 5.26 Å². The number of likely N-dealkylation sites (tertiary alicyclic amines) is 1. The molecule has 1 aliphatic rings. The van der Waals surface area contributed by atoms with Crippen molar-refractivity contribution in [3.63, 3.8) is 0 Å². The highest BCUT2D eigenvalue weighted by molar-refractivity contribution is 7.08. The molecular weight excluding hydrogens is 310 g/mol. The number of carbonyl (C=O) groups excluding carboxylic acids is 2. The molecule has 0 saturated carbocycles. The Morgan fingerprint density at radius 1 is 1.48 bits per heavy atom. The zero-order valence-electron chi connectivity index (χ0n) is 13.8. The molecule has 1 aromatic rings. The van der Waals surface area contributed by atoms with E-state index in [-0.39, 0.29) is 17.7 Å². The number of rotatable bonds is 3. The lowest BCUT2D eigenvalue weighted by atomic mass is 9.90. The summed E-state index contributed by atoms with van der Waals surface area (Å²) in [5, 5.41) is 15.8. The van der Waals surface area contributed by atoms with Gasteiger partial charge in [0.2, 0.25) is 11.8 Å². The highest BCUT2D eigenvalue weighted by atomic mass is 32.1. The van der Waals surface area contributed by atoms with E-state index >= 15 is 0 Å². The topological polar surface area (TPSA) is 73.2 Å². The van der Waals surface area contributed by atoms with E-state index in [4.69, 9.17) is 0 Å². The van der Waals surface area contributed by atoms with Gasteiger partial charge < -0.3 is 10.2 Å². The number of hydrogen-bond donors (Lipinski definition) is 1. The Morgan fingerprint density at radius 2 is 2.22 bits per heavy atom. The molecule has 1 aromatic heterocycles. The minimum Gasteiger partial charge on any atom is -0.341 e. The lowest BCUT2D eigenvalue weighted by Crippen LogP contribution is -2.49. The highest BCUT2D eigenvalue weighted by Gasteiger charge is 2.34. The molecule has 0 aliphatic carbocycles. The molecule has 0 bridgehead atoms. The van der Waals surface area contributed by atoms with Gasteiger partial charge in [-0.25, -0.2) is 0 Å². The Balaban J connectivity index is 1.99. The minimum atomic E-state index is -0.623. The van der Waals surface area contributed by atoms with E-state index in [1.807, 2.05) is 37.6 Å². The van der Waals surface area contributed by atoms with Crippen LogP contribution in [0.3, 0.4) is 0 Å². The second-order valence-electron chi connectivity index (χ2n) is 6.97.